The molecule has 1 aliphatic rings. The van der Waals surface area contributed by atoms with E-state index in [1.54, 1.807) is 42.5 Å². The Bertz CT molecular complexity index is 1400. The maximum Gasteiger partial charge on any atom is 0.308 e. The molecular weight excluding hydrogens is 470 g/mol. The van der Waals surface area contributed by atoms with E-state index in [-0.39, 0.29) is 16.6 Å². The van der Waals surface area contributed by atoms with E-state index in [2.05, 4.69) is 5.32 Å². The minimum absolute atomic E-state index is 0.0846. The number of carbonyl (C=O) groups is 2. The van der Waals surface area contributed by atoms with E-state index in [9.17, 15) is 18.0 Å². The molecule has 0 unspecified atom stereocenters. The van der Waals surface area contributed by atoms with Gasteiger partial charge in [-0.15, -0.1) is 0 Å². The number of anilines is 1. The van der Waals surface area contributed by atoms with Crippen LogP contribution in [-0.4, -0.2) is 20.3 Å². The number of esters is 1. The molecule has 0 radical (unpaired) electrons. The van der Waals surface area contributed by atoms with E-state index in [4.69, 9.17) is 4.74 Å². The first-order chi connectivity index (χ1) is 16.1. The molecule has 0 aromatic heterocycles. The molecule has 3 aromatic carbocycles. The van der Waals surface area contributed by atoms with Crippen molar-refractivity contribution < 1.29 is 22.7 Å². The molecule has 0 bridgehead atoms. The van der Waals surface area contributed by atoms with Crippen LogP contribution in [0.5, 0.6) is 5.75 Å². The molecular formula is C26H23NO5S2. The molecule has 1 amide bonds. The van der Waals surface area contributed by atoms with Gasteiger partial charge in [0, 0.05) is 11.8 Å². The van der Waals surface area contributed by atoms with Crippen molar-refractivity contribution >= 4 is 45.2 Å². The van der Waals surface area contributed by atoms with E-state index in [1.165, 1.54) is 24.8 Å². The lowest BCUT2D eigenvalue weighted by Gasteiger charge is -2.20. The van der Waals surface area contributed by atoms with E-state index < -0.39 is 15.8 Å². The fraction of sp³-hybridized carbons (Fsp3) is 0.154. The van der Waals surface area contributed by atoms with Crippen LogP contribution in [0.25, 0.3) is 6.08 Å². The van der Waals surface area contributed by atoms with Crippen LogP contribution >= 0.6 is 11.8 Å². The topological polar surface area (TPSA) is 89.5 Å². The van der Waals surface area contributed by atoms with Gasteiger partial charge in [-0.2, -0.15) is 0 Å². The molecule has 0 atom stereocenters. The fourth-order valence-corrected chi connectivity index (χ4v) is 6.27. The summed E-state index contributed by atoms with van der Waals surface area (Å²) in [5, 5.41) is 2.82. The summed E-state index contributed by atoms with van der Waals surface area (Å²) in [6, 6.07) is 17.3. The molecule has 1 N–H and O–H groups in total. The Balaban J connectivity index is 1.60. The van der Waals surface area contributed by atoms with Crippen molar-refractivity contribution in [3.63, 3.8) is 0 Å². The van der Waals surface area contributed by atoms with Gasteiger partial charge in [-0.3, -0.25) is 9.59 Å². The van der Waals surface area contributed by atoms with Gasteiger partial charge < -0.3 is 10.1 Å². The van der Waals surface area contributed by atoms with Gasteiger partial charge in [-0.05, 0) is 72.5 Å². The van der Waals surface area contributed by atoms with Crippen molar-refractivity contribution in [2.75, 3.05) is 5.32 Å². The average molecular weight is 494 g/mol. The van der Waals surface area contributed by atoms with Crippen molar-refractivity contribution in [2.45, 2.75) is 36.3 Å². The predicted molar refractivity (Wildman–Crippen MR) is 133 cm³/mol. The highest BCUT2D eigenvalue weighted by Gasteiger charge is 2.25. The quantitative estimate of drug-likeness (QED) is 0.295. The second kappa shape index (κ2) is 9.48. The second-order valence-corrected chi connectivity index (χ2v) is 11.1. The average Bonchev–Trinajstić information content (AvgIpc) is 2.77. The maximum atomic E-state index is 13.2. The second-order valence-electron chi connectivity index (χ2n) is 8.01. The smallest absolute Gasteiger partial charge is 0.308 e. The zero-order valence-electron chi connectivity index (χ0n) is 18.9. The van der Waals surface area contributed by atoms with Gasteiger partial charge in [0.25, 0.3) is 5.91 Å². The van der Waals surface area contributed by atoms with E-state index in [0.717, 1.165) is 22.3 Å². The molecule has 0 saturated carbocycles. The summed E-state index contributed by atoms with van der Waals surface area (Å²) in [6.45, 7) is 5.14. The Hall–Kier alpha value is -3.36. The number of carbonyl (C=O) groups excluding carboxylic acids is 2. The van der Waals surface area contributed by atoms with Crippen LogP contribution in [0.1, 0.15) is 29.2 Å². The summed E-state index contributed by atoms with van der Waals surface area (Å²) in [5.41, 5.74) is 4.00. The number of hydrogen-bond donors (Lipinski definition) is 1. The minimum Gasteiger partial charge on any atom is -0.427 e. The van der Waals surface area contributed by atoms with Crippen LogP contribution in [0.2, 0.25) is 0 Å². The Kier molecular flexibility index (Phi) is 6.63. The van der Waals surface area contributed by atoms with Gasteiger partial charge in [0.2, 0.25) is 0 Å². The third-order valence-corrected chi connectivity index (χ3v) is 8.14. The highest BCUT2D eigenvalue weighted by molar-refractivity contribution is 8.04. The summed E-state index contributed by atoms with van der Waals surface area (Å²) in [4.78, 5) is 25.0. The van der Waals surface area contributed by atoms with Gasteiger partial charge in [0.05, 0.1) is 21.2 Å². The summed E-state index contributed by atoms with van der Waals surface area (Å²) in [7, 11) is -3.58. The molecule has 0 aliphatic carbocycles. The molecule has 0 fully saturated rings. The molecule has 4 rings (SSSR count). The summed E-state index contributed by atoms with van der Waals surface area (Å²) >= 11 is 1.22. The number of hydrogen-bond acceptors (Lipinski definition) is 6. The Morgan fingerprint density at radius 3 is 2.35 bits per heavy atom. The zero-order chi connectivity index (χ0) is 24.5. The standard InChI is InChI=1S/C26H23NO5S2/c1-16-5-4-6-17(2)22(16)15-34(30,31)21-11-12-23-24(14-21)33-25(26(29)27-23)13-19-7-9-20(10-8-19)32-18(3)28/h4-14H,15H2,1-3H3,(H,27,29)/b25-13-. The first-order valence-electron chi connectivity index (χ1n) is 10.5. The van der Waals surface area contributed by atoms with E-state index >= 15 is 0 Å². The fourth-order valence-electron chi connectivity index (χ4n) is 3.63. The number of amides is 1. The predicted octanol–water partition coefficient (Wildman–Crippen LogP) is 5.29. The molecule has 174 valence electrons. The Morgan fingerprint density at radius 2 is 1.71 bits per heavy atom. The molecule has 1 heterocycles. The lowest BCUT2D eigenvalue weighted by Crippen LogP contribution is -2.17. The van der Waals surface area contributed by atoms with Gasteiger partial charge in [-0.25, -0.2) is 8.42 Å². The summed E-state index contributed by atoms with van der Waals surface area (Å²) in [6.07, 6.45) is 1.71. The molecule has 0 saturated heterocycles. The maximum absolute atomic E-state index is 13.2. The molecule has 8 heteroatoms. The number of sulfone groups is 1. The minimum atomic E-state index is -3.58. The summed E-state index contributed by atoms with van der Waals surface area (Å²) < 4.78 is 31.4. The first-order valence-corrected chi connectivity index (χ1v) is 13.0. The molecule has 1 aliphatic heterocycles. The lowest BCUT2D eigenvalue weighted by atomic mass is 10.1. The first kappa shape index (κ1) is 23.8. The van der Waals surface area contributed by atoms with Gasteiger partial charge in [-0.1, -0.05) is 42.1 Å². The summed E-state index contributed by atoms with van der Waals surface area (Å²) in [5.74, 6) is -0.348. The van der Waals surface area contributed by atoms with E-state index in [1.807, 2.05) is 32.0 Å². The number of aryl methyl sites for hydroxylation is 2. The lowest BCUT2D eigenvalue weighted by molar-refractivity contribution is -0.131. The van der Waals surface area contributed by atoms with E-state index in [0.29, 0.717) is 21.2 Å². The number of fused-ring (bicyclic) bond motifs is 1. The number of benzene rings is 3. The van der Waals surface area contributed by atoms with Gasteiger partial charge in [0.1, 0.15) is 5.75 Å². The van der Waals surface area contributed by atoms with Crippen molar-refractivity contribution in [3.8, 4) is 5.75 Å². The van der Waals surface area contributed by atoms with Crippen LogP contribution in [0.15, 0.2) is 75.4 Å². The monoisotopic (exact) mass is 493 g/mol. The van der Waals surface area contributed by atoms with Crippen LogP contribution in [0, 0.1) is 13.8 Å². The molecule has 34 heavy (non-hydrogen) atoms. The highest BCUT2D eigenvalue weighted by Crippen LogP contribution is 2.40. The number of rotatable bonds is 5. The third kappa shape index (κ3) is 5.24. The van der Waals surface area contributed by atoms with Crippen molar-refractivity contribution in [1.29, 1.82) is 0 Å². The molecule has 3 aromatic rings. The van der Waals surface area contributed by atoms with Gasteiger partial charge >= 0.3 is 5.97 Å². The van der Waals surface area contributed by atoms with Crippen LogP contribution in [0.4, 0.5) is 5.69 Å². The normalized spacial score (nSPS) is 14.4. The van der Waals surface area contributed by atoms with Crippen molar-refractivity contribution in [1.82, 2.24) is 0 Å². The van der Waals surface area contributed by atoms with Gasteiger partial charge in [0.15, 0.2) is 9.84 Å². The number of nitrogens with one attached hydrogen (secondary N) is 1. The molecule has 6 nitrogen and oxygen atoms in total. The largest absolute Gasteiger partial charge is 0.427 e. The highest BCUT2D eigenvalue weighted by atomic mass is 32.2. The van der Waals surface area contributed by atoms with Crippen LogP contribution in [0.3, 0.4) is 0 Å². The Labute approximate surface area is 203 Å². The number of thioether (sulfide) groups is 1. The SMILES string of the molecule is CC(=O)Oc1ccc(/C=C2\Sc3cc(S(=O)(=O)Cc4c(C)cccc4C)ccc3NC2=O)cc1. The third-order valence-electron chi connectivity index (χ3n) is 5.42. The van der Waals surface area contributed by atoms with Crippen molar-refractivity contribution in [3.05, 3.63) is 87.8 Å². The molecule has 0 spiro atoms. The number of ether oxygens (including phenoxy) is 1. The van der Waals surface area contributed by atoms with Crippen LogP contribution < -0.4 is 10.1 Å². The van der Waals surface area contributed by atoms with Crippen LogP contribution in [-0.2, 0) is 25.2 Å². The van der Waals surface area contributed by atoms with Crippen molar-refractivity contribution in [2.24, 2.45) is 0 Å². The zero-order valence-corrected chi connectivity index (χ0v) is 20.5. The Morgan fingerprint density at radius 1 is 1.03 bits per heavy atom.